The minimum atomic E-state index is -0.530. The SMILES string of the molecule is CCC1CC2(C1)NC(=O)NC2=O. The second kappa shape index (κ2) is 2.21. The average Bonchev–Trinajstić information content (AvgIpc) is 2.22. The predicted octanol–water partition coefficient (Wildman–Crippen LogP) is 0.385. The highest BCUT2D eigenvalue weighted by atomic mass is 16.2. The van der Waals surface area contributed by atoms with Gasteiger partial charge in [-0.25, -0.2) is 4.79 Å². The van der Waals surface area contributed by atoms with Gasteiger partial charge in [0, 0.05) is 0 Å². The third-order valence-electron chi connectivity index (χ3n) is 2.87. The summed E-state index contributed by atoms with van der Waals surface area (Å²) in [6.07, 6.45) is 2.70. The Hall–Kier alpha value is -1.06. The maximum atomic E-state index is 11.3. The van der Waals surface area contributed by atoms with E-state index in [1.165, 1.54) is 0 Å². The summed E-state index contributed by atoms with van der Waals surface area (Å²) in [6.45, 7) is 2.10. The minimum absolute atomic E-state index is 0.141. The molecule has 0 unspecified atom stereocenters. The molecule has 1 aliphatic carbocycles. The molecule has 1 saturated heterocycles. The molecule has 0 aromatic rings. The number of urea groups is 1. The fourth-order valence-corrected chi connectivity index (χ4v) is 2.03. The zero-order chi connectivity index (χ0) is 8.77. The fraction of sp³-hybridized carbons (Fsp3) is 0.750. The third kappa shape index (κ3) is 0.838. The highest BCUT2D eigenvalue weighted by Gasteiger charge is 2.54. The number of carbonyl (C=O) groups excluding carboxylic acids is 2. The normalized spacial score (nSPS) is 39.2. The van der Waals surface area contributed by atoms with E-state index >= 15 is 0 Å². The molecule has 2 aliphatic rings. The molecule has 1 spiro atoms. The lowest BCUT2D eigenvalue weighted by Crippen LogP contribution is -2.56. The molecular formula is C8H12N2O2. The molecule has 4 nitrogen and oxygen atoms in total. The van der Waals surface area contributed by atoms with E-state index in [1.807, 2.05) is 0 Å². The standard InChI is InChI=1S/C8H12N2O2/c1-2-5-3-8(4-5)6(11)9-7(12)10-8/h5H,2-4H2,1H3,(H2,9,10,11,12). The van der Waals surface area contributed by atoms with Crippen molar-refractivity contribution >= 4 is 11.9 Å². The van der Waals surface area contributed by atoms with Gasteiger partial charge in [-0.05, 0) is 18.8 Å². The molecule has 12 heavy (non-hydrogen) atoms. The molecule has 0 aromatic carbocycles. The van der Waals surface area contributed by atoms with E-state index in [0.29, 0.717) is 5.92 Å². The Kier molecular flexibility index (Phi) is 1.40. The van der Waals surface area contributed by atoms with E-state index in [-0.39, 0.29) is 11.9 Å². The summed E-state index contributed by atoms with van der Waals surface area (Å²) in [5.41, 5.74) is -0.530. The van der Waals surface area contributed by atoms with Gasteiger partial charge in [-0.2, -0.15) is 0 Å². The number of hydrogen-bond donors (Lipinski definition) is 2. The quantitative estimate of drug-likeness (QED) is 0.556. The fourth-order valence-electron chi connectivity index (χ4n) is 2.03. The van der Waals surface area contributed by atoms with E-state index in [2.05, 4.69) is 17.6 Å². The largest absolute Gasteiger partial charge is 0.323 e. The Morgan fingerprint density at radius 3 is 2.58 bits per heavy atom. The second-order valence-electron chi connectivity index (χ2n) is 3.67. The molecule has 1 heterocycles. The molecule has 0 bridgehead atoms. The summed E-state index contributed by atoms with van der Waals surface area (Å²) in [5.74, 6) is 0.464. The molecule has 2 fully saturated rings. The van der Waals surface area contributed by atoms with Crippen LogP contribution < -0.4 is 10.6 Å². The second-order valence-corrected chi connectivity index (χ2v) is 3.67. The molecule has 1 saturated carbocycles. The third-order valence-corrected chi connectivity index (χ3v) is 2.87. The monoisotopic (exact) mass is 168 g/mol. The summed E-state index contributed by atoms with van der Waals surface area (Å²) in [5, 5.41) is 4.95. The van der Waals surface area contributed by atoms with Gasteiger partial charge in [-0.3, -0.25) is 10.1 Å². The van der Waals surface area contributed by atoms with E-state index in [4.69, 9.17) is 0 Å². The van der Waals surface area contributed by atoms with Crippen molar-refractivity contribution in [3.8, 4) is 0 Å². The summed E-state index contributed by atoms with van der Waals surface area (Å²) in [4.78, 5) is 22.1. The first-order chi connectivity index (χ1) is 5.66. The maximum Gasteiger partial charge on any atom is 0.322 e. The van der Waals surface area contributed by atoms with Crippen molar-refractivity contribution in [3.05, 3.63) is 0 Å². The van der Waals surface area contributed by atoms with E-state index < -0.39 is 5.54 Å². The summed E-state index contributed by atoms with van der Waals surface area (Å²) in [7, 11) is 0. The first kappa shape index (κ1) is 7.58. The van der Waals surface area contributed by atoms with Crippen molar-refractivity contribution in [2.24, 2.45) is 5.92 Å². The Morgan fingerprint density at radius 1 is 1.50 bits per heavy atom. The van der Waals surface area contributed by atoms with Crippen LogP contribution in [0.15, 0.2) is 0 Å². The lowest BCUT2D eigenvalue weighted by molar-refractivity contribution is -0.128. The van der Waals surface area contributed by atoms with Gasteiger partial charge >= 0.3 is 6.03 Å². The molecule has 0 aromatic heterocycles. The molecule has 4 heteroatoms. The van der Waals surface area contributed by atoms with Crippen LogP contribution in [0.3, 0.4) is 0 Å². The first-order valence-electron chi connectivity index (χ1n) is 4.30. The van der Waals surface area contributed by atoms with Crippen LogP contribution in [0.2, 0.25) is 0 Å². The topological polar surface area (TPSA) is 58.2 Å². The molecule has 0 atom stereocenters. The molecule has 3 amide bonds. The highest BCUT2D eigenvalue weighted by Crippen LogP contribution is 2.41. The molecular weight excluding hydrogens is 156 g/mol. The Balaban J connectivity index is 2.06. The van der Waals surface area contributed by atoms with Gasteiger partial charge in [0.05, 0.1) is 0 Å². The zero-order valence-electron chi connectivity index (χ0n) is 7.02. The number of amides is 3. The van der Waals surface area contributed by atoms with E-state index in [0.717, 1.165) is 19.3 Å². The van der Waals surface area contributed by atoms with Crippen LogP contribution in [0, 0.1) is 5.92 Å². The van der Waals surface area contributed by atoms with Crippen molar-refractivity contribution in [2.75, 3.05) is 0 Å². The van der Waals surface area contributed by atoms with Gasteiger partial charge < -0.3 is 5.32 Å². The van der Waals surface area contributed by atoms with Gasteiger partial charge in [-0.1, -0.05) is 13.3 Å². The molecule has 1 aliphatic heterocycles. The Bertz CT molecular complexity index is 243. The predicted molar refractivity (Wildman–Crippen MR) is 42.4 cm³/mol. The Morgan fingerprint density at radius 2 is 2.17 bits per heavy atom. The number of rotatable bonds is 1. The van der Waals surface area contributed by atoms with Crippen molar-refractivity contribution in [3.63, 3.8) is 0 Å². The van der Waals surface area contributed by atoms with Crippen LogP contribution >= 0.6 is 0 Å². The average molecular weight is 168 g/mol. The van der Waals surface area contributed by atoms with Gasteiger partial charge in [0.25, 0.3) is 5.91 Å². The summed E-state index contributed by atoms with van der Waals surface area (Å²) >= 11 is 0. The van der Waals surface area contributed by atoms with Gasteiger partial charge in [-0.15, -0.1) is 0 Å². The lowest BCUT2D eigenvalue weighted by Gasteiger charge is -2.41. The van der Waals surface area contributed by atoms with Crippen LogP contribution in [-0.4, -0.2) is 17.5 Å². The van der Waals surface area contributed by atoms with Gasteiger partial charge in [0.1, 0.15) is 5.54 Å². The van der Waals surface area contributed by atoms with Crippen molar-refractivity contribution in [1.29, 1.82) is 0 Å². The van der Waals surface area contributed by atoms with Crippen LogP contribution in [0.5, 0.6) is 0 Å². The van der Waals surface area contributed by atoms with Crippen LogP contribution in [0.25, 0.3) is 0 Å². The number of carbonyl (C=O) groups is 2. The van der Waals surface area contributed by atoms with Crippen molar-refractivity contribution in [1.82, 2.24) is 10.6 Å². The van der Waals surface area contributed by atoms with Crippen LogP contribution in [-0.2, 0) is 4.79 Å². The van der Waals surface area contributed by atoms with Gasteiger partial charge in [0.15, 0.2) is 0 Å². The first-order valence-corrected chi connectivity index (χ1v) is 4.30. The van der Waals surface area contributed by atoms with Crippen molar-refractivity contribution < 1.29 is 9.59 Å². The summed E-state index contributed by atoms with van der Waals surface area (Å²) < 4.78 is 0. The molecule has 2 N–H and O–H groups in total. The van der Waals surface area contributed by atoms with E-state index in [9.17, 15) is 9.59 Å². The highest BCUT2D eigenvalue weighted by molar-refractivity contribution is 6.07. The van der Waals surface area contributed by atoms with Crippen LogP contribution in [0.4, 0.5) is 4.79 Å². The van der Waals surface area contributed by atoms with Crippen LogP contribution in [0.1, 0.15) is 26.2 Å². The van der Waals surface area contributed by atoms with Crippen molar-refractivity contribution in [2.45, 2.75) is 31.7 Å². The molecule has 2 rings (SSSR count). The maximum absolute atomic E-state index is 11.3. The Labute approximate surface area is 70.7 Å². The lowest BCUT2D eigenvalue weighted by atomic mass is 9.67. The van der Waals surface area contributed by atoms with Gasteiger partial charge in [0.2, 0.25) is 0 Å². The zero-order valence-corrected chi connectivity index (χ0v) is 7.02. The number of imide groups is 1. The van der Waals surface area contributed by atoms with E-state index in [1.54, 1.807) is 0 Å². The minimum Gasteiger partial charge on any atom is -0.323 e. The smallest absolute Gasteiger partial charge is 0.322 e. The number of nitrogens with one attached hydrogen (secondary N) is 2. The number of hydrogen-bond acceptors (Lipinski definition) is 2. The molecule has 0 radical (unpaired) electrons. The molecule has 66 valence electrons. The summed E-state index contributed by atoms with van der Waals surface area (Å²) in [6, 6.07) is -0.338.